The lowest BCUT2D eigenvalue weighted by molar-refractivity contribution is -0.123. The Kier molecular flexibility index (Phi) is 5.81. The highest BCUT2D eigenvalue weighted by molar-refractivity contribution is 6.02. The number of amides is 1. The number of ether oxygens (including phenoxy) is 1. The first kappa shape index (κ1) is 21.5. The summed E-state index contributed by atoms with van der Waals surface area (Å²) in [5.41, 5.74) is 0.451. The number of aromatic nitrogens is 2. The van der Waals surface area contributed by atoms with E-state index in [1.165, 1.54) is 0 Å². The van der Waals surface area contributed by atoms with Crippen LogP contribution >= 0.6 is 0 Å². The van der Waals surface area contributed by atoms with Crippen LogP contribution in [0.25, 0.3) is 0 Å². The maximum absolute atomic E-state index is 13.1. The fourth-order valence-electron chi connectivity index (χ4n) is 4.92. The molecule has 0 radical (unpaired) electrons. The fourth-order valence-corrected chi connectivity index (χ4v) is 4.92. The van der Waals surface area contributed by atoms with Crippen LogP contribution in [0, 0.1) is 28.6 Å². The van der Waals surface area contributed by atoms with Crippen molar-refractivity contribution in [3.05, 3.63) is 42.2 Å². The number of ketones is 1. The lowest BCUT2D eigenvalue weighted by Crippen LogP contribution is -2.35. The van der Waals surface area contributed by atoms with E-state index in [9.17, 15) is 14.9 Å². The molecule has 1 saturated carbocycles. The topological polar surface area (TPSA) is 108 Å². The monoisotopic (exact) mass is 445 g/mol. The summed E-state index contributed by atoms with van der Waals surface area (Å²) in [4.78, 5) is 36.2. The van der Waals surface area contributed by atoms with Gasteiger partial charge < -0.3 is 15.0 Å². The van der Waals surface area contributed by atoms with Gasteiger partial charge in [-0.2, -0.15) is 5.26 Å². The Balaban J connectivity index is 1.28. The zero-order valence-corrected chi connectivity index (χ0v) is 18.5. The van der Waals surface area contributed by atoms with Crippen molar-refractivity contribution in [2.24, 2.45) is 17.3 Å². The maximum atomic E-state index is 13.1. The first-order chi connectivity index (χ1) is 16.1. The lowest BCUT2D eigenvalue weighted by atomic mass is 9.83. The van der Waals surface area contributed by atoms with Crippen molar-refractivity contribution >= 4 is 29.0 Å². The molecule has 8 heteroatoms. The molecule has 2 aliphatic heterocycles. The number of nitriles is 1. The average Bonchev–Trinajstić information content (AvgIpc) is 3.64. The summed E-state index contributed by atoms with van der Waals surface area (Å²) in [6, 6.07) is 9.36. The van der Waals surface area contributed by atoms with E-state index in [1.807, 2.05) is 0 Å². The van der Waals surface area contributed by atoms with E-state index in [0.29, 0.717) is 48.2 Å². The molecule has 5 rings (SSSR count). The molecule has 2 saturated heterocycles. The van der Waals surface area contributed by atoms with Crippen LogP contribution in [0.1, 0.15) is 48.9 Å². The van der Waals surface area contributed by atoms with Gasteiger partial charge in [-0.05, 0) is 62.1 Å². The van der Waals surface area contributed by atoms with Gasteiger partial charge in [0.05, 0.1) is 6.07 Å². The molecule has 0 spiro atoms. The molecule has 0 aromatic carbocycles. The molecule has 1 aliphatic carbocycles. The predicted molar refractivity (Wildman–Crippen MR) is 122 cm³/mol. The van der Waals surface area contributed by atoms with Crippen LogP contribution in [0.5, 0.6) is 0 Å². The lowest BCUT2D eigenvalue weighted by Gasteiger charge is -2.21. The van der Waals surface area contributed by atoms with Crippen LogP contribution in [0.4, 0.5) is 17.3 Å². The van der Waals surface area contributed by atoms with Crippen molar-refractivity contribution in [3.8, 4) is 6.07 Å². The Hall–Kier alpha value is -3.31. The number of hydrogen-bond acceptors (Lipinski definition) is 7. The Morgan fingerprint density at radius 1 is 1.15 bits per heavy atom. The SMILES string of the molecule is N#C[C@@]1(C2CC2)CCN(c2ccnc(Nc3cc(C(=O)CC4CCOCC4)ccn3)c2)C1=O. The van der Waals surface area contributed by atoms with Crippen molar-refractivity contribution in [2.75, 3.05) is 30.0 Å². The van der Waals surface area contributed by atoms with Crippen LogP contribution in [-0.2, 0) is 9.53 Å². The number of nitrogens with one attached hydrogen (secondary N) is 1. The first-order valence-corrected chi connectivity index (χ1v) is 11.6. The van der Waals surface area contributed by atoms with Gasteiger partial charge in [0.25, 0.3) is 0 Å². The standard InChI is InChI=1S/C25H27N5O3/c26-16-25(19-1-2-19)7-10-30(24(25)32)20-4-9-28-23(15-20)29-22-14-18(3-8-27-22)21(31)13-17-5-11-33-12-6-17/h3-4,8-9,14-15,17,19H,1-2,5-7,10-13H2,(H,27,28,29)/t25-/m1/s1. The number of nitrogens with zero attached hydrogens (tertiary/aromatic N) is 4. The van der Waals surface area contributed by atoms with Crippen LogP contribution in [-0.4, -0.2) is 41.4 Å². The van der Waals surface area contributed by atoms with Crippen molar-refractivity contribution < 1.29 is 14.3 Å². The smallest absolute Gasteiger partial charge is 0.247 e. The Morgan fingerprint density at radius 3 is 2.61 bits per heavy atom. The van der Waals surface area contributed by atoms with Crippen molar-refractivity contribution in [1.82, 2.24) is 9.97 Å². The van der Waals surface area contributed by atoms with Crippen LogP contribution in [0.3, 0.4) is 0 Å². The average molecular weight is 446 g/mol. The van der Waals surface area contributed by atoms with Crippen molar-refractivity contribution in [3.63, 3.8) is 0 Å². The summed E-state index contributed by atoms with van der Waals surface area (Å²) in [6.07, 6.45) is 8.07. The number of rotatable bonds is 7. The van der Waals surface area contributed by atoms with E-state index in [0.717, 1.165) is 38.9 Å². The normalized spacial score (nSPS) is 23.4. The van der Waals surface area contributed by atoms with Gasteiger partial charge in [0.1, 0.15) is 17.1 Å². The minimum Gasteiger partial charge on any atom is -0.381 e. The second kappa shape index (κ2) is 8.91. The van der Waals surface area contributed by atoms with E-state index in [2.05, 4.69) is 21.4 Å². The molecule has 3 aliphatic rings. The fraction of sp³-hybridized carbons (Fsp3) is 0.480. The molecule has 4 heterocycles. The van der Waals surface area contributed by atoms with Gasteiger partial charge in [0.2, 0.25) is 5.91 Å². The molecular weight excluding hydrogens is 418 g/mol. The third kappa shape index (κ3) is 4.33. The van der Waals surface area contributed by atoms with Crippen LogP contribution in [0.2, 0.25) is 0 Å². The van der Waals surface area contributed by atoms with Gasteiger partial charge in [0.15, 0.2) is 5.78 Å². The zero-order chi connectivity index (χ0) is 22.8. The van der Waals surface area contributed by atoms with E-state index >= 15 is 0 Å². The highest BCUT2D eigenvalue weighted by atomic mass is 16.5. The van der Waals surface area contributed by atoms with E-state index in [4.69, 9.17) is 4.74 Å². The molecule has 33 heavy (non-hydrogen) atoms. The number of carbonyl (C=O) groups excluding carboxylic acids is 2. The first-order valence-electron chi connectivity index (χ1n) is 11.6. The minimum atomic E-state index is -0.877. The molecule has 0 unspecified atom stereocenters. The van der Waals surface area contributed by atoms with Crippen molar-refractivity contribution in [1.29, 1.82) is 5.26 Å². The number of carbonyl (C=O) groups is 2. The molecule has 0 bridgehead atoms. The summed E-state index contributed by atoms with van der Waals surface area (Å²) in [5.74, 6) is 1.60. The Labute approximate surface area is 193 Å². The molecule has 3 fully saturated rings. The third-order valence-corrected chi connectivity index (χ3v) is 7.04. The summed E-state index contributed by atoms with van der Waals surface area (Å²) >= 11 is 0. The van der Waals surface area contributed by atoms with E-state index < -0.39 is 5.41 Å². The van der Waals surface area contributed by atoms with Gasteiger partial charge in [-0.3, -0.25) is 9.59 Å². The molecule has 8 nitrogen and oxygen atoms in total. The summed E-state index contributed by atoms with van der Waals surface area (Å²) in [7, 11) is 0. The molecule has 1 amide bonds. The summed E-state index contributed by atoms with van der Waals surface area (Å²) in [6.45, 7) is 1.97. The molecule has 2 aromatic heterocycles. The number of pyridine rings is 2. The van der Waals surface area contributed by atoms with Crippen molar-refractivity contribution in [2.45, 2.75) is 38.5 Å². The van der Waals surface area contributed by atoms with Crippen LogP contribution in [0.15, 0.2) is 36.7 Å². The highest BCUT2D eigenvalue weighted by Gasteiger charge is 2.56. The zero-order valence-electron chi connectivity index (χ0n) is 18.5. The number of Topliss-reactive ketones (excluding diaryl/α,β-unsaturated/α-hetero) is 1. The Morgan fingerprint density at radius 2 is 1.88 bits per heavy atom. The molecule has 2 aromatic rings. The van der Waals surface area contributed by atoms with E-state index in [1.54, 1.807) is 41.6 Å². The molecule has 1 N–H and O–H groups in total. The van der Waals surface area contributed by atoms with E-state index in [-0.39, 0.29) is 17.6 Å². The second-order valence-electron chi connectivity index (χ2n) is 9.20. The largest absolute Gasteiger partial charge is 0.381 e. The third-order valence-electron chi connectivity index (χ3n) is 7.04. The number of hydrogen-bond donors (Lipinski definition) is 1. The van der Waals surface area contributed by atoms with Crippen LogP contribution < -0.4 is 10.2 Å². The highest BCUT2D eigenvalue weighted by Crippen LogP contribution is 2.51. The molecular formula is C25H27N5O3. The molecule has 170 valence electrons. The van der Waals surface area contributed by atoms with Gasteiger partial charge in [-0.15, -0.1) is 0 Å². The maximum Gasteiger partial charge on any atom is 0.247 e. The Bertz CT molecular complexity index is 1100. The van der Waals surface area contributed by atoms with Gasteiger partial charge in [-0.25, -0.2) is 9.97 Å². The minimum absolute atomic E-state index is 0.102. The quantitative estimate of drug-likeness (QED) is 0.644. The van der Waals surface area contributed by atoms with Gasteiger partial charge in [-0.1, -0.05) is 0 Å². The number of anilines is 3. The van der Waals surface area contributed by atoms with Gasteiger partial charge >= 0.3 is 0 Å². The summed E-state index contributed by atoms with van der Waals surface area (Å²) < 4.78 is 5.38. The summed E-state index contributed by atoms with van der Waals surface area (Å²) in [5, 5.41) is 12.9. The second-order valence-corrected chi connectivity index (χ2v) is 9.20. The predicted octanol–water partition coefficient (Wildman–Crippen LogP) is 3.88. The van der Waals surface area contributed by atoms with Gasteiger partial charge in [0, 0.05) is 55.9 Å². The molecule has 1 atom stereocenters.